The monoisotopic (exact) mass is 339 g/mol. The summed E-state index contributed by atoms with van der Waals surface area (Å²) in [6.45, 7) is 12.7. The highest BCUT2D eigenvalue weighted by molar-refractivity contribution is 5.78. The number of hydrogen-bond acceptors (Lipinski definition) is 4. The number of ether oxygens (including phenoxy) is 1. The molecule has 2 rings (SSSR count). The summed E-state index contributed by atoms with van der Waals surface area (Å²) >= 11 is 0. The summed E-state index contributed by atoms with van der Waals surface area (Å²) in [7, 11) is 0. The summed E-state index contributed by atoms with van der Waals surface area (Å²) in [6, 6.07) is 0.932. The van der Waals surface area contributed by atoms with Crippen LogP contribution in [0.4, 0.5) is 0 Å². The average Bonchev–Trinajstić information content (AvgIpc) is 2.58. The molecule has 24 heavy (non-hydrogen) atoms. The molecule has 5 heteroatoms. The molecule has 0 radical (unpaired) electrons. The van der Waals surface area contributed by atoms with E-state index in [1.807, 2.05) is 6.92 Å². The molecular weight excluding hydrogens is 302 g/mol. The van der Waals surface area contributed by atoms with Crippen LogP contribution in [0.15, 0.2) is 0 Å². The van der Waals surface area contributed by atoms with Gasteiger partial charge in [0.25, 0.3) is 0 Å². The van der Waals surface area contributed by atoms with Gasteiger partial charge in [0.1, 0.15) is 0 Å². The molecule has 2 fully saturated rings. The van der Waals surface area contributed by atoms with Crippen molar-refractivity contribution in [3.05, 3.63) is 0 Å². The Kier molecular flexibility index (Phi) is 8.50. The van der Waals surface area contributed by atoms with Gasteiger partial charge in [-0.05, 0) is 32.1 Å². The highest BCUT2D eigenvalue weighted by Crippen LogP contribution is 2.23. The van der Waals surface area contributed by atoms with Gasteiger partial charge in [-0.25, -0.2) is 0 Å². The zero-order valence-corrected chi connectivity index (χ0v) is 15.9. The fourth-order valence-corrected chi connectivity index (χ4v) is 4.09. The van der Waals surface area contributed by atoms with Crippen molar-refractivity contribution in [3.8, 4) is 0 Å². The van der Waals surface area contributed by atoms with Crippen molar-refractivity contribution < 1.29 is 9.53 Å². The van der Waals surface area contributed by atoms with Crippen LogP contribution in [0.2, 0.25) is 0 Å². The van der Waals surface area contributed by atoms with Crippen LogP contribution >= 0.6 is 0 Å². The van der Waals surface area contributed by atoms with Crippen molar-refractivity contribution in [2.75, 3.05) is 45.9 Å². The van der Waals surface area contributed by atoms with Crippen LogP contribution in [0.3, 0.4) is 0 Å². The van der Waals surface area contributed by atoms with E-state index < -0.39 is 0 Å². The maximum Gasteiger partial charge on any atom is 0.234 e. The van der Waals surface area contributed by atoms with Crippen LogP contribution in [0, 0.1) is 5.92 Å². The predicted octanol–water partition coefficient (Wildman–Crippen LogP) is 2.11. The zero-order chi connectivity index (χ0) is 17.4. The van der Waals surface area contributed by atoms with E-state index in [9.17, 15) is 4.79 Å². The number of piperazine rings is 1. The second-order valence-electron chi connectivity index (χ2n) is 7.47. The summed E-state index contributed by atoms with van der Waals surface area (Å²) in [5.41, 5.74) is 0. The molecule has 1 aliphatic heterocycles. The van der Waals surface area contributed by atoms with E-state index in [4.69, 9.17) is 4.74 Å². The smallest absolute Gasteiger partial charge is 0.234 e. The number of nitrogens with zero attached hydrogens (tertiary/aromatic N) is 2. The minimum atomic E-state index is 0.214. The largest absolute Gasteiger partial charge is 0.380 e. The zero-order valence-electron chi connectivity index (χ0n) is 15.9. The van der Waals surface area contributed by atoms with Gasteiger partial charge in [0.05, 0.1) is 13.2 Å². The molecule has 1 aliphatic carbocycles. The lowest BCUT2D eigenvalue weighted by Gasteiger charge is -2.41. The molecule has 0 spiro atoms. The third-order valence-electron chi connectivity index (χ3n) is 5.71. The van der Waals surface area contributed by atoms with Crippen LogP contribution < -0.4 is 5.32 Å². The van der Waals surface area contributed by atoms with E-state index in [-0.39, 0.29) is 5.91 Å². The van der Waals surface area contributed by atoms with Crippen molar-refractivity contribution in [2.24, 2.45) is 5.92 Å². The minimum absolute atomic E-state index is 0.214. The van der Waals surface area contributed by atoms with Gasteiger partial charge in [0.15, 0.2) is 0 Å². The number of amides is 1. The van der Waals surface area contributed by atoms with Crippen LogP contribution in [-0.2, 0) is 9.53 Å². The standard InChI is InChI=1S/C19H37N3O2/c1-4-17-14-21(10-11-22(17)12-13-24-5-2)15-19(23)20-18-9-7-6-8-16(18)3/h16-18H,4-15H2,1-3H3,(H,20,23). The molecule has 5 nitrogen and oxygen atoms in total. The molecular formula is C19H37N3O2. The predicted molar refractivity (Wildman–Crippen MR) is 98.1 cm³/mol. The highest BCUT2D eigenvalue weighted by atomic mass is 16.5. The molecule has 3 unspecified atom stereocenters. The van der Waals surface area contributed by atoms with E-state index in [0.29, 0.717) is 24.5 Å². The van der Waals surface area contributed by atoms with Gasteiger partial charge in [-0.3, -0.25) is 14.6 Å². The van der Waals surface area contributed by atoms with Crippen LogP contribution in [-0.4, -0.2) is 73.7 Å². The van der Waals surface area contributed by atoms with Gasteiger partial charge < -0.3 is 10.1 Å². The molecule has 1 saturated heterocycles. The third kappa shape index (κ3) is 6.01. The molecule has 0 bridgehead atoms. The van der Waals surface area contributed by atoms with Gasteiger partial charge in [-0.1, -0.05) is 26.7 Å². The Hall–Kier alpha value is -0.650. The third-order valence-corrected chi connectivity index (χ3v) is 5.71. The topological polar surface area (TPSA) is 44.8 Å². The van der Waals surface area contributed by atoms with Gasteiger partial charge in [0.2, 0.25) is 5.91 Å². The number of rotatable bonds is 8. The molecule has 1 heterocycles. The van der Waals surface area contributed by atoms with Crippen molar-refractivity contribution in [1.82, 2.24) is 15.1 Å². The lowest BCUT2D eigenvalue weighted by atomic mass is 9.86. The van der Waals surface area contributed by atoms with E-state index in [0.717, 1.165) is 52.2 Å². The molecule has 1 saturated carbocycles. The molecule has 2 aliphatic rings. The molecule has 1 N–H and O–H groups in total. The van der Waals surface area contributed by atoms with E-state index in [1.165, 1.54) is 19.3 Å². The van der Waals surface area contributed by atoms with Gasteiger partial charge in [-0.2, -0.15) is 0 Å². The fraction of sp³-hybridized carbons (Fsp3) is 0.947. The quantitative estimate of drug-likeness (QED) is 0.688. The van der Waals surface area contributed by atoms with E-state index in [1.54, 1.807) is 0 Å². The summed E-state index contributed by atoms with van der Waals surface area (Å²) in [4.78, 5) is 17.3. The molecule has 0 aromatic carbocycles. The Labute approximate surface area is 148 Å². The molecule has 3 atom stereocenters. The molecule has 1 amide bonds. The Morgan fingerprint density at radius 2 is 2.00 bits per heavy atom. The second-order valence-corrected chi connectivity index (χ2v) is 7.47. The summed E-state index contributed by atoms with van der Waals surface area (Å²) < 4.78 is 5.50. The fourth-order valence-electron chi connectivity index (χ4n) is 4.09. The lowest BCUT2D eigenvalue weighted by molar-refractivity contribution is -0.124. The first-order chi connectivity index (χ1) is 11.6. The van der Waals surface area contributed by atoms with Crippen molar-refractivity contribution in [1.29, 1.82) is 0 Å². The molecule has 0 aromatic rings. The summed E-state index contributed by atoms with van der Waals surface area (Å²) in [5.74, 6) is 0.841. The summed E-state index contributed by atoms with van der Waals surface area (Å²) in [5, 5.41) is 3.29. The summed E-state index contributed by atoms with van der Waals surface area (Å²) in [6.07, 6.45) is 6.10. The number of nitrogens with one attached hydrogen (secondary N) is 1. The first kappa shape index (κ1) is 19.7. The minimum Gasteiger partial charge on any atom is -0.380 e. The van der Waals surface area contributed by atoms with Crippen molar-refractivity contribution in [3.63, 3.8) is 0 Å². The molecule has 140 valence electrons. The van der Waals surface area contributed by atoms with Crippen LogP contribution in [0.5, 0.6) is 0 Å². The first-order valence-corrected chi connectivity index (χ1v) is 9.97. The van der Waals surface area contributed by atoms with E-state index >= 15 is 0 Å². The van der Waals surface area contributed by atoms with Gasteiger partial charge in [-0.15, -0.1) is 0 Å². The normalized spacial score (nSPS) is 29.5. The highest BCUT2D eigenvalue weighted by Gasteiger charge is 2.28. The average molecular weight is 340 g/mol. The van der Waals surface area contributed by atoms with E-state index in [2.05, 4.69) is 29.0 Å². The molecule has 0 aromatic heterocycles. The maximum absolute atomic E-state index is 12.4. The SMILES string of the molecule is CCOCCN1CCN(CC(=O)NC2CCCCC2C)CC1CC. The Morgan fingerprint density at radius 1 is 1.21 bits per heavy atom. The lowest BCUT2D eigenvalue weighted by Crippen LogP contribution is -2.56. The van der Waals surface area contributed by atoms with Gasteiger partial charge >= 0.3 is 0 Å². The maximum atomic E-state index is 12.4. The second kappa shape index (κ2) is 10.4. The number of carbonyl (C=O) groups is 1. The Bertz CT molecular complexity index is 378. The Balaban J connectivity index is 1.74. The van der Waals surface area contributed by atoms with Crippen molar-refractivity contribution >= 4 is 5.91 Å². The number of carbonyl (C=O) groups excluding carboxylic acids is 1. The first-order valence-electron chi connectivity index (χ1n) is 9.97. The van der Waals surface area contributed by atoms with Crippen molar-refractivity contribution in [2.45, 2.75) is 65.0 Å². The van der Waals surface area contributed by atoms with Crippen LogP contribution in [0.1, 0.15) is 52.9 Å². The van der Waals surface area contributed by atoms with Crippen LogP contribution in [0.25, 0.3) is 0 Å². The van der Waals surface area contributed by atoms with Gasteiger partial charge in [0, 0.05) is 44.9 Å². The number of hydrogen-bond donors (Lipinski definition) is 1. The Morgan fingerprint density at radius 3 is 2.71 bits per heavy atom.